The lowest BCUT2D eigenvalue weighted by atomic mass is 10.1. The maximum absolute atomic E-state index is 5.32. The quantitative estimate of drug-likeness (QED) is 0.790. The molecule has 0 unspecified atom stereocenters. The van der Waals surface area contributed by atoms with Crippen LogP contribution in [0.1, 0.15) is 23.6 Å². The van der Waals surface area contributed by atoms with Crippen LogP contribution in [0.25, 0.3) is 11.3 Å². The fraction of sp³-hybridized carbons (Fsp3) is 0.375. The number of allylic oxidation sites excluding steroid dienone is 1. The van der Waals surface area contributed by atoms with Gasteiger partial charge in [-0.1, -0.05) is 6.08 Å². The second kappa shape index (κ2) is 5.71. The summed E-state index contributed by atoms with van der Waals surface area (Å²) in [5, 5.41) is 8.53. The molecule has 6 nitrogen and oxygen atoms in total. The summed E-state index contributed by atoms with van der Waals surface area (Å²) in [7, 11) is 3.07. The highest BCUT2D eigenvalue weighted by atomic mass is 16.5. The highest BCUT2D eigenvalue weighted by molar-refractivity contribution is 5.64. The molecule has 0 saturated heterocycles. The van der Waals surface area contributed by atoms with Crippen molar-refractivity contribution in [3.8, 4) is 23.1 Å². The summed E-state index contributed by atoms with van der Waals surface area (Å²) < 4.78 is 10.3. The topological polar surface area (TPSA) is 70.0 Å². The number of ether oxygens (including phenoxy) is 2. The van der Waals surface area contributed by atoms with Gasteiger partial charge in [-0.05, 0) is 36.8 Å². The van der Waals surface area contributed by atoms with E-state index in [1.165, 1.54) is 12.7 Å². The van der Waals surface area contributed by atoms with Gasteiger partial charge >= 0.3 is 6.01 Å². The van der Waals surface area contributed by atoms with Crippen LogP contribution in [0.2, 0.25) is 0 Å². The van der Waals surface area contributed by atoms with Gasteiger partial charge in [0.05, 0.1) is 25.5 Å². The third-order valence-electron chi connectivity index (χ3n) is 3.94. The first-order valence-electron chi connectivity index (χ1n) is 7.10. The van der Waals surface area contributed by atoms with E-state index >= 15 is 0 Å². The number of rotatable bonds is 5. The molecule has 6 heteroatoms. The molecule has 0 spiro atoms. The van der Waals surface area contributed by atoms with Crippen LogP contribution in [0.15, 0.2) is 24.9 Å². The molecule has 0 aliphatic heterocycles. The summed E-state index contributed by atoms with van der Waals surface area (Å²) in [6.07, 6.45) is 4.76. The molecule has 2 heterocycles. The summed E-state index contributed by atoms with van der Waals surface area (Å²) in [5.41, 5.74) is 3.56. The zero-order valence-corrected chi connectivity index (χ0v) is 12.9. The standard InChI is InChI=1S/C16H18N4O2/c1-5-10-6-12(10)11-7-14(20-19-9(11)2)13-8-17-16(22-4)18-15(13)21-3/h5,7-8,10,12H,1,6H2,2-4H3/t10-,12-/m0/s1. The molecular formula is C16H18N4O2. The van der Waals surface area contributed by atoms with E-state index in [4.69, 9.17) is 9.47 Å². The van der Waals surface area contributed by atoms with E-state index in [0.717, 1.165) is 12.1 Å². The van der Waals surface area contributed by atoms with Crippen molar-refractivity contribution in [3.63, 3.8) is 0 Å². The van der Waals surface area contributed by atoms with Crippen LogP contribution < -0.4 is 9.47 Å². The van der Waals surface area contributed by atoms with Gasteiger partial charge in [0.25, 0.3) is 0 Å². The Kier molecular flexibility index (Phi) is 3.75. The van der Waals surface area contributed by atoms with Crippen molar-refractivity contribution in [1.29, 1.82) is 0 Å². The Hall–Kier alpha value is -2.50. The average Bonchev–Trinajstić information content (AvgIpc) is 3.34. The van der Waals surface area contributed by atoms with E-state index in [-0.39, 0.29) is 6.01 Å². The summed E-state index contributed by atoms with van der Waals surface area (Å²) in [6, 6.07) is 2.30. The zero-order valence-electron chi connectivity index (χ0n) is 12.9. The van der Waals surface area contributed by atoms with Crippen LogP contribution in [0.3, 0.4) is 0 Å². The lowest BCUT2D eigenvalue weighted by Gasteiger charge is -2.09. The molecule has 1 saturated carbocycles. The smallest absolute Gasteiger partial charge is 0.319 e. The first-order valence-corrected chi connectivity index (χ1v) is 7.10. The number of nitrogens with zero attached hydrogens (tertiary/aromatic N) is 4. The SMILES string of the molecule is C=C[C@H]1C[C@@H]1c1cc(-c2cnc(OC)nc2OC)nnc1C. The molecule has 2 aromatic rings. The van der Waals surface area contributed by atoms with E-state index in [0.29, 0.717) is 29.0 Å². The largest absolute Gasteiger partial charge is 0.480 e. The fourth-order valence-corrected chi connectivity index (χ4v) is 2.59. The number of methoxy groups -OCH3 is 2. The van der Waals surface area contributed by atoms with Crippen LogP contribution in [-0.2, 0) is 0 Å². The molecular weight excluding hydrogens is 280 g/mol. The van der Waals surface area contributed by atoms with Crippen LogP contribution in [-0.4, -0.2) is 34.4 Å². The number of aromatic nitrogens is 4. The number of hydrogen-bond donors (Lipinski definition) is 0. The van der Waals surface area contributed by atoms with Gasteiger partial charge in [-0.15, -0.1) is 11.7 Å². The second-order valence-corrected chi connectivity index (χ2v) is 5.29. The molecule has 1 fully saturated rings. The minimum Gasteiger partial charge on any atom is -0.480 e. The summed E-state index contributed by atoms with van der Waals surface area (Å²) >= 11 is 0. The molecule has 0 N–H and O–H groups in total. The Labute approximate surface area is 129 Å². The molecule has 22 heavy (non-hydrogen) atoms. The maximum Gasteiger partial charge on any atom is 0.319 e. The summed E-state index contributed by atoms with van der Waals surface area (Å²) in [5.74, 6) is 1.44. The van der Waals surface area contributed by atoms with Crippen molar-refractivity contribution < 1.29 is 9.47 Å². The lowest BCUT2D eigenvalue weighted by molar-refractivity contribution is 0.353. The molecule has 0 amide bonds. The molecule has 0 radical (unpaired) electrons. The van der Waals surface area contributed by atoms with Gasteiger partial charge in [-0.2, -0.15) is 10.1 Å². The molecule has 0 bridgehead atoms. The van der Waals surface area contributed by atoms with Crippen molar-refractivity contribution >= 4 is 0 Å². The van der Waals surface area contributed by atoms with Crippen molar-refractivity contribution in [2.45, 2.75) is 19.3 Å². The third-order valence-corrected chi connectivity index (χ3v) is 3.94. The summed E-state index contributed by atoms with van der Waals surface area (Å²) in [4.78, 5) is 8.32. The zero-order chi connectivity index (χ0) is 15.7. The van der Waals surface area contributed by atoms with Gasteiger partial charge < -0.3 is 9.47 Å². The first-order chi connectivity index (χ1) is 10.7. The summed E-state index contributed by atoms with van der Waals surface area (Å²) in [6.45, 7) is 5.84. The Balaban J connectivity index is 2.02. The van der Waals surface area contributed by atoms with Gasteiger partial charge in [-0.3, -0.25) is 0 Å². The number of aryl methyl sites for hydroxylation is 1. The van der Waals surface area contributed by atoms with E-state index in [2.05, 4.69) is 26.7 Å². The normalized spacial score (nSPS) is 19.6. The predicted octanol–water partition coefficient (Wildman–Crippen LogP) is 2.55. The van der Waals surface area contributed by atoms with Crippen LogP contribution in [0, 0.1) is 12.8 Å². The van der Waals surface area contributed by atoms with E-state index in [1.807, 2.05) is 19.1 Å². The average molecular weight is 298 g/mol. The van der Waals surface area contributed by atoms with Crippen molar-refractivity contribution in [2.24, 2.45) is 5.92 Å². The molecule has 1 aliphatic rings. The van der Waals surface area contributed by atoms with Crippen molar-refractivity contribution in [3.05, 3.63) is 36.2 Å². The Bertz CT molecular complexity index is 717. The van der Waals surface area contributed by atoms with E-state index < -0.39 is 0 Å². The predicted molar refractivity (Wildman–Crippen MR) is 81.9 cm³/mol. The lowest BCUT2D eigenvalue weighted by Crippen LogP contribution is -2.01. The molecule has 1 aliphatic carbocycles. The minimum absolute atomic E-state index is 0.259. The van der Waals surface area contributed by atoms with E-state index in [1.54, 1.807) is 13.3 Å². The van der Waals surface area contributed by atoms with Gasteiger partial charge in [0, 0.05) is 6.20 Å². The maximum atomic E-state index is 5.32. The Morgan fingerprint density at radius 2 is 2.09 bits per heavy atom. The van der Waals surface area contributed by atoms with Crippen LogP contribution >= 0.6 is 0 Å². The number of hydrogen-bond acceptors (Lipinski definition) is 6. The fourth-order valence-electron chi connectivity index (χ4n) is 2.59. The molecule has 114 valence electrons. The first kappa shape index (κ1) is 14.4. The third kappa shape index (κ3) is 2.52. The van der Waals surface area contributed by atoms with Gasteiger partial charge in [-0.25, -0.2) is 4.98 Å². The highest BCUT2D eigenvalue weighted by Gasteiger charge is 2.37. The van der Waals surface area contributed by atoms with E-state index in [9.17, 15) is 0 Å². The highest BCUT2D eigenvalue weighted by Crippen LogP contribution is 2.49. The minimum atomic E-state index is 0.259. The Morgan fingerprint density at radius 3 is 2.73 bits per heavy atom. The monoisotopic (exact) mass is 298 g/mol. The van der Waals surface area contributed by atoms with Crippen molar-refractivity contribution in [1.82, 2.24) is 20.2 Å². The molecule has 2 atom stereocenters. The van der Waals surface area contributed by atoms with Crippen molar-refractivity contribution in [2.75, 3.05) is 14.2 Å². The van der Waals surface area contributed by atoms with Gasteiger partial charge in [0.2, 0.25) is 5.88 Å². The van der Waals surface area contributed by atoms with Gasteiger partial charge in [0.15, 0.2) is 0 Å². The molecule has 3 rings (SSSR count). The molecule has 2 aromatic heterocycles. The second-order valence-electron chi connectivity index (χ2n) is 5.29. The van der Waals surface area contributed by atoms with Gasteiger partial charge in [0.1, 0.15) is 5.69 Å². The van der Waals surface area contributed by atoms with Crippen LogP contribution in [0.5, 0.6) is 11.9 Å². The molecule has 0 aromatic carbocycles. The van der Waals surface area contributed by atoms with Crippen LogP contribution in [0.4, 0.5) is 0 Å². The Morgan fingerprint density at radius 1 is 1.27 bits per heavy atom.